The Morgan fingerprint density at radius 2 is 1.74 bits per heavy atom. The molecule has 0 N–H and O–H groups in total. The highest BCUT2D eigenvalue weighted by Gasteiger charge is 2.02. The summed E-state index contributed by atoms with van der Waals surface area (Å²) in [5.74, 6) is 0.848. The highest BCUT2D eigenvalue weighted by molar-refractivity contribution is 5.85. The topological polar surface area (TPSA) is 24.8 Å². The Labute approximate surface area is 136 Å². The number of fused-ring (bicyclic) bond motifs is 1. The van der Waals surface area contributed by atoms with E-state index in [9.17, 15) is 0 Å². The quantitative estimate of drug-likeness (QED) is 0.518. The average molecular weight is 304 g/mol. The fourth-order valence-electron chi connectivity index (χ4n) is 2.45. The highest BCUT2D eigenvalue weighted by Crippen LogP contribution is 2.21. The second-order valence-electron chi connectivity index (χ2n) is 5.59. The van der Waals surface area contributed by atoms with Crippen molar-refractivity contribution in [1.29, 1.82) is 0 Å². The van der Waals surface area contributed by atoms with Crippen LogP contribution in [0.5, 0.6) is 5.75 Å². The van der Waals surface area contributed by atoms with Gasteiger partial charge in [-0.1, -0.05) is 54.6 Å². The Morgan fingerprint density at radius 1 is 0.957 bits per heavy atom. The fourth-order valence-corrected chi connectivity index (χ4v) is 2.45. The van der Waals surface area contributed by atoms with Gasteiger partial charge in [0.1, 0.15) is 12.4 Å². The first-order chi connectivity index (χ1) is 11.2. The maximum atomic E-state index is 5.97. The van der Waals surface area contributed by atoms with Crippen molar-refractivity contribution in [2.45, 2.75) is 6.61 Å². The van der Waals surface area contributed by atoms with Crippen molar-refractivity contribution in [3.63, 3.8) is 0 Å². The summed E-state index contributed by atoms with van der Waals surface area (Å²) in [6.45, 7) is 0.551. The van der Waals surface area contributed by atoms with Crippen molar-refractivity contribution in [3.8, 4) is 5.75 Å². The lowest BCUT2D eigenvalue weighted by Crippen LogP contribution is -2.02. The van der Waals surface area contributed by atoms with Crippen LogP contribution in [0.1, 0.15) is 11.1 Å². The van der Waals surface area contributed by atoms with Crippen molar-refractivity contribution in [2.75, 3.05) is 14.1 Å². The zero-order chi connectivity index (χ0) is 16.1. The van der Waals surface area contributed by atoms with E-state index in [1.54, 1.807) is 5.01 Å². The van der Waals surface area contributed by atoms with Crippen LogP contribution in [0, 0.1) is 0 Å². The minimum atomic E-state index is 0.551. The molecule has 3 rings (SSSR count). The van der Waals surface area contributed by atoms with Crippen LogP contribution in [-0.4, -0.2) is 25.3 Å². The van der Waals surface area contributed by atoms with Gasteiger partial charge in [0, 0.05) is 14.1 Å². The van der Waals surface area contributed by atoms with Gasteiger partial charge in [-0.05, 0) is 34.0 Å². The van der Waals surface area contributed by atoms with E-state index in [1.807, 2.05) is 44.6 Å². The number of benzene rings is 3. The SMILES string of the molecule is CN(C)/N=C\c1cccc(OCc2cccc3ccccc23)c1. The molecule has 0 atom stereocenters. The maximum Gasteiger partial charge on any atom is 0.120 e. The van der Waals surface area contributed by atoms with Gasteiger partial charge in [0.15, 0.2) is 0 Å². The van der Waals surface area contributed by atoms with Gasteiger partial charge in [0.25, 0.3) is 0 Å². The van der Waals surface area contributed by atoms with E-state index < -0.39 is 0 Å². The molecule has 3 aromatic carbocycles. The summed E-state index contributed by atoms with van der Waals surface area (Å²) in [6, 6.07) is 22.6. The molecule has 0 amide bonds. The first-order valence-corrected chi connectivity index (χ1v) is 7.63. The summed E-state index contributed by atoms with van der Waals surface area (Å²) >= 11 is 0. The summed E-state index contributed by atoms with van der Waals surface area (Å²) < 4.78 is 5.97. The number of hydrogen-bond donors (Lipinski definition) is 0. The molecule has 0 unspecified atom stereocenters. The zero-order valence-electron chi connectivity index (χ0n) is 13.4. The van der Waals surface area contributed by atoms with Gasteiger partial charge < -0.3 is 9.75 Å². The first kappa shape index (κ1) is 15.1. The van der Waals surface area contributed by atoms with Gasteiger partial charge in [0.2, 0.25) is 0 Å². The van der Waals surface area contributed by atoms with E-state index >= 15 is 0 Å². The summed E-state index contributed by atoms with van der Waals surface area (Å²) in [5, 5.41) is 8.49. The highest BCUT2D eigenvalue weighted by atomic mass is 16.5. The Balaban J connectivity index is 1.76. The van der Waals surface area contributed by atoms with Crippen molar-refractivity contribution in [3.05, 3.63) is 77.9 Å². The lowest BCUT2D eigenvalue weighted by Gasteiger charge is -2.10. The van der Waals surface area contributed by atoms with Crippen molar-refractivity contribution in [1.82, 2.24) is 5.01 Å². The van der Waals surface area contributed by atoms with Gasteiger partial charge in [-0.2, -0.15) is 5.10 Å². The third-order valence-electron chi connectivity index (χ3n) is 3.57. The van der Waals surface area contributed by atoms with E-state index in [-0.39, 0.29) is 0 Å². The molecule has 0 aromatic heterocycles. The molecule has 0 aliphatic heterocycles. The van der Waals surface area contributed by atoms with Gasteiger partial charge in [-0.15, -0.1) is 0 Å². The average Bonchev–Trinajstić information content (AvgIpc) is 2.58. The molecule has 0 fully saturated rings. The lowest BCUT2D eigenvalue weighted by molar-refractivity contribution is 0.307. The molecule has 116 valence electrons. The van der Waals surface area contributed by atoms with Crippen LogP contribution in [0.25, 0.3) is 10.8 Å². The van der Waals surface area contributed by atoms with Gasteiger partial charge in [0.05, 0.1) is 6.21 Å². The van der Waals surface area contributed by atoms with E-state index in [0.29, 0.717) is 6.61 Å². The molecule has 0 bridgehead atoms. The monoisotopic (exact) mass is 304 g/mol. The Morgan fingerprint density at radius 3 is 2.61 bits per heavy atom. The number of nitrogens with zero attached hydrogens (tertiary/aromatic N) is 2. The van der Waals surface area contributed by atoms with Crippen LogP contribution in [0.4, 0.5) is 0 Å². The predicted octanol–water partition coefficient (Wildman–Crippen LogP) is 4.31. The molecule has 0 heterocycles. The first-order valence-electron chi connectivity index (χ1n) is 7.63. The van der Waals surface area contributed by atoms with E-state index in [4.69, 9.17) is 4.74 Å². The lowest BCUT2D eigenvalue weighted by atomic mass is 10.1. The van der Waals surface area contributed by atoms with E-state index in [2.05, 4.69) is 47.6 Å². The van der Waals surface area contributed by atoms with Crippen LogP contribution in [0.15, 0.2) is 71.8 Å². The van der Waals surface area contributed by atoms with Gasteiger partial charge in [-0.3, -0.25) is 0 Å². The second kappa shape index (κ2) is 6.97. The number of ether oxygens (including phenoxy) is 1. The van der Waals surface area contributed by atoms with Crippen LogP contribution < -0.4 is 4.74 Å². The number of rotatable bonds is 5. The van der Waals surface area contributed by atoms with Crippen LogP contribution in [0.2, 0.25) is 0 Å². The summed E-state index contributed by atoms with van der Waals surface area (Å²) in [4.78, 5) is 0. The number of hydrogen-bond acceptors (Lipinski definition) is 3. The van der Waals surface area contributed by atoms with E-state index in [0.717, 1.165) is 11.3 Å². The van der Waals surface area contributed by atoms with Crippen molar-refractivity contribution in [2.24, 2.45) is 5.10 Å². The fraction of sp³-hybridized carbons (Fsp3) is 0.150. The Hall–Kier alpha value is -2.81. The molecule has 0 aliphatic rings. The number of hydrazone groups is 1. The minimum absolute atomic E-state index is 0.551. The van der Waals surface area contributed by atoms with Gasteiger partial charge in [-0.25, -0.2) is 0 Å². The standard InChI is InChI=1S/C20H20N2O/c1-22(2)21-14-16-7-5-11-19(13-16)23-15-18-10-6-9-17-8-3-4-12-20(17)18/h3-14H,15H2,1-2H3/b21-14-. The molecular weight excluding hydrogens is 284 g/mol. The summed E-state index contributed by atoms with van der Waals surface area (Å²) in [7, 11) is 3.80. The molecule has 0 radical (unpaired) electrons. The van der Waals surface area contributed by atoms with Gasteiger partial charge >= 0.3 is 0 Å². The molecule has 0 saturated heterocycles. The molecule has 0 spiro atoms. The van der Waals surface area contributed by atoms with Crippen LogP contribution in [0.3, 0.4) is 0 Å². The van der Waals surface area contributed by atoms with Crippen molar-refractivity contribution >= 4 is 17.0 Å². The Bertz CT molecular complexity index is 819. The molecule has 0 saturated carbocycles. The molecule has 23 heavy (non-hydrogen) atoms. The summed E-state index contributed by atoms with van der Waals surface area (Å²) in [5.41, 5.74) is 2.21. The molecule has 3 heteroatoms. The van der Waals surface area contributed by atoms with Crippen LogP contribution >= 0.6 is 0 Å². The second-order valence-corrected chi connectivity index (χ2v) is 5.59. The third-order valence-corrected chi connectivity index (χ3v) is 3.57. The van der Waals surface area contributed by atoms with E-state index in [1.165, 1.54) is 16.3 Å². The molecule has 3 nitrogen and oxygen atoms in total. The molecule has 3 aromatic rings. The molecular formula is C20H20N2O. The third kappa shape index (κ3) is 3.89. The minimum Gasteiger partial charge on any atom is -0.489 e. The predicted molar refractivity (Wildman–Crippen MR) is 96.0 cm³/mol. The normalized spacial score (nSPS) is 11.0. The summed E-state index contributed by atoms with van der Waals surface area (Å²) in [6.07, 6.45) is 1.82. The smallest absolute Gasteiger partial charge is 0.120 e. The molecule has 0 aliphatic carbocycles. The maximum absolute atomic E-state index is 5.97. The zero-order valence-corrected chi connectivity index (χ0v) is 13.4. The Kier molecular flexibility index (Phi) is 4.57. The van der Waals surface area contributed by atoms with Crippen LogP contribution in [-0.2, 0) is 6.61 Å². The van der Waals surface area contributed by atoms with Crippen molar-refractivity contribution < 1.29 is 4.74 Å². The largest absolute Gasteiger partial charge is 0.489 e.